The van der Waals surface area contributed by atoms with E-state index in [0.717, 1.165) is 25.0 Å². The average molecular weight is 375 g/mol. The zero-order valence-electron chi connectivity index (χ0n) is 16.6. The summed E-state index contributed by atoms with van der Waals surface area (Å²) >= 11 is 0. The molecule has 0 bridgehead atoms. The lowest BCUT2D eigenvalue weighted by Gasteiger charge is -2.32. The van der Waals surface area contributed by atoms with Gasteiger partial charge in [-0.05, 0) is 86.8 Å². The lowest BCUT2D eigenvalue weighted by Crippen LogP contribution is -2.25. The summed E-state index contributed by atoms with van der Waals surface area (Å²) in [4.78, 5) is 0. The zero-order valence-corrected chi connectivity index (χ0v) is 16.6. The molecule has 0 atom stereocenters. The molecule has 3 heteroatoms. The Hall–Kier alpha value is -2.36. The molecule has 146 valence electrons. The molecule has 0 radical (unpaired) electrons. The Morgan fingerprint density at radius 2 is 1.61 bits per heavy atom. The minimum Gasteiger partial charge on any atom is -0.378 e. The van der Waals surface area contributed by atoms with Crippen LogP contribution in [-0.4, -0.2) is 12.7 Å². The highest BCUT2D eigenvalue weighted by Crippen LogP contribution is 2.35. The van der Waals surface area contributed by atoms with Gasteiger partial charge >= 0.3 is 0 Å². The van der Waals surface area contributed by atoms with Crippen molar-refractivity contribution in [1.29, 1.82) is 10.5 Å². The van der Waals surface area contributed by atoms with Crippen LogP contribution < -0.4 is 0 Å². The molecule has 2 aliphatic rings. The van der Waals surface area contributed by atoms with Crippen molar-refractivity contribution in [2.24, 2.45) is 11.8 Å². The Morgan fingerprint density at radius 3 is 2.25 bits per heavy atom. The van der Waals surface area contributed by atoms with Gasteiger partial charge in [-0.15, -0.1) is 0 Å². The van der Waals surface area contributed by atoms with Gasteiger partial charge in [0, 0.05) is 12.7 Å². The van der Waals surface area contributed by atoms with Gasteiger partial charge in [-0.25, -0.2) is 0 Å². The molecule has 1 aromatic rings. The number of hydrogen-bond acceptors (Lipinski definition) is 3. The van der Waals surface area contributed by atoms with Crippen molar-refractivity contribution in [2.45, 2.75) is 63.4 Å². The highest BCUT2D eigenvalue weighted by molar-refractivity contribution is 5.33. The second-order valence-electron chi connectivity index (χ2n) is 8.19. The number of hydrogen-bond donors (Lipinski definition) is 0. The van der Waals surface area contributed by atoms with Gasteiger partial charge in [0.25, 0.3) is 0 Å². The second kappa shape index (κ2) is 10.8. The molecule has 0 spiro atoms. The third kappa shape index (κ3) is 6.08. The van der Waals surface area contributed by atoms with Crippen molar-refractivity contribution in [3.8, 4) is 12.1 Å². The fourth-order valence-electron chi connectivity index (χ4n) is 4.53. The molecule has 1 aromatic carbocycles. The predicted octanol–water partition coefficient (Wildman–Crippen LogP) is 6.04. The normalized spacial score (nSPS) is 28.2. The van der Waals surface area contributed by atoms with E-state index in [1.807, 2.05) is 30.4 Å². The van der Waals surface area contributed by atoms with Crippen molar-refractivity contribution >= 4 is 0 Å². The largest absolute Gasteiger partial charge is 0.378 e. The number of nitrogens with zero attached hydrogens (tertiary/aromatic N) is 2. The quantitative estimate of drug-likeness (QED) is 0.450. The van der Waals surface area contributed by atoms with Crippen LogP contribution in [0.2, 0.25) is 0 Å². The molecular formula is C25H30N2O. The van der Waals surface area contributed by atoms with Gasteiger partial charge in [-0.2, -0.15) is 10.5 Å². The van der Waals surface area contributed by atoms with E-state index in [-0.39, 0.29) is 0 Å². The fourth-order valence-corrected chi connectivity index (χ4v) is 4.53. The second-order valence-corrected chi connectivity index (χ2v) is 8.19. The molecule has 3 nitrogen and oxygen atoms in total. The van der Waals surface area contributed by atoms with E-state index in [1.54, 1.807) is 0 Å². The summed E-state index contributed by atoms with van der Waals surface area (Å²) in [5.41, 5.74) is 2.11. The first kappa shape index (κ1) is 20.4. The number of benzene rings is 1. The van der Waals surface area contributed by atoms with E-state index in [1.165, 1.54) is 50.2 Å². The summed E-state index contributed by atoms with van der Waals surface area (Å²) in [5.74, 6) is 1.97. The standard InChI is InChI=1S/C25H30N2O/c26-17-3-1-2-4-20-5-7-22(8-6-20)19-28-25-15-13-24(14-16-25)23-11-9-21(18-27)10-12-23/h1-4,9-12,20,22,24-25H,5-8,13-16,19H2. The van der Waals surface area contributed by atoms with Gasteiger partial charge in [0.1, 0.15) is 0 Å². The number of nitriles is 2. The molecule has 2 saturated carbocycles. The Morgan fingerprint density at radius 1 is 0.893 bits per heavy atom. The third-order valence-electron chi connectivity index (χ3n) is 6.31. The average Bonchev–Trinajstić information content (AvgIpc) is 2.76. The first-order valence-electron chi connectivity index (χ1n) is 10.6. The van der Waals surface area contributed by atoms with Crippen LogP contribution in [0, 0.1) is 34.5 Å². The van der Waals surface area contributed by atoms with Gasteiger partial charge in [-0.3, -0.25) is 0 Å². The molecule has 0 heterocycles. The molecule has 0 aliphatic heterocycles. The van der Waals surface area contributed by atoms with E-state index < -0.39 is 0 Å². The highest BCUT2D eigenvalue weighted by Gasteiger charge is 2.25. The summed E-state index contributed by atoms with van der Waals surface area (Å²) in [5, 5.41) is 17.4. The number of ether oxygens (including phenoxy) is 1. The van der Waals surface area contributed by atoms with E-state index in [2.05, 4.69) is 24.3 Å². The van der Waals surface area contributed by atoms with Crippen molar-refractivity contribution in [3.05, 3.63) is 59.7 Å². The van der Waals surface area contributed by atoms with Crippen molar-refractivity contribution < 1.29 is 4.74 Å². The monoisotopic (exact) mass is 374 g/mol. The van der Waals surface area contributed by atoms with Crippen LogP contribution in [0.4, 0.5) is 0 Å². The maximum absolute atomic E-state index is 8.93. The minimum atomic E-state index is 0.420. The van der Waals surface area contributed by atoms with E-state index in [9.17, 15) is 0 Å². The SMILES string of the molecule is N#CC=CC=CC1CCC(COC2CCC(c3ccc(C#N)cc3)CC2)CC1. The van der Waals surface area contributed by atoms with Gasteiger partial charge < -0.3 is 4.74 Å². The molecule has 0 amide bonds. The Labute approximate surface area is 169 Å². The van der Waals surface area contributed by atoms with Crippen LogP contribution in [0.3, 0.4) is 0 Å². The molecule has 3 rings (SSSR count). The van der Waals surface area contributed by atoms with Crippen LogP contribution in [0.25, 0.3) is 0 Å². The van der Waals surface area contributed by atoms with Crippen LogP contribution in [-0.2, 0) is 4.74 Å². The van der Waals surface area contributed by atoms with E-state index in [0.29, 0.717) is 23.9 Å². The highest BCUT2D eigenvalue weighted by atomic mass is 16.5. The minimum absolute atomic E-state index is 0.420. The molecule has 2 fully saturated rings. The van der Waals surface area contributed by atoms with Crippen molar-refractivity contribution in [1.82, 2.24) is 0 Å². The van der Waals surface area contributed by atoms with Crippen molar-refractivity contribution in [3.63, 3.8) is 0 Å². The van der Waals surface area contributed by atoms with Gasteiger partial charge in [0.2, 0.25) is 0 Å². The van der Waals surface area contributed by atoms with E-state index in [4.69, 9.17) is 15.3 Å². The number of rotatable bonds is 6. The van der Waals surface area contributed by atoms with Crippen LogP contribution in [0.1, 0.15) is 68.4 Å². The lowest BCUT2D eigenvalue weighted by atomic mass is 9.81. The fraction of sp³-hybridized carbons (Fsp3) is 0.520. The molecular weight excluding hydrogens is 344 g/mol. The van der Waals surface area contributed by atoms with E-state index >= 15 is 0 Å². The summed E-state index contributed by atoms with van der Waals surface area (Å²) in [7, 11) is 0. The molecule has 0 N–H and O–H groups in total. The lowest BCUT2D eigenvalue weighted by molar-refractivity contribution is -0.00337. The van der Waals surface area contributed by atoms with Crippen LogP contribution in [0.5, 0.6) is 0 Å². The Balaban J connectivity index is 1.34. The maximum atomic E-state index is 8.93. The molecule has 2 aliphatic carbocycles. The van der Waals surface area contributed by atoms with Gasteiger partial charge in [-0.1, -0.05) is 30.4 Å². The maximum Gasteiger partial charge on any atom is 0.0991 e. The molecule has 0 aromatic heterocycles. The molecule has 28 heavy (non-hydrogen) atoms. The smallest absolute Gasteiger partial charge is 0.0991 e. The zero-order chi connectivity index (χ0) is 19.6. The first-order valence-corrected chi connectivity index (χ1v) is 10.6. The summed E-state index contributed by atoms with van der Waals surface area (Å²) in [6.07, 6.45) is 17.6. The molecule has 0 saturated heterocycles. The van der Waals surface area contributed by atoms with Crippen LogP contribution in [0.15, 0.2) is 48.6 Å². The van der Waals surface area contributed by atoms with Crippen LogP contribution >= 0.6 is 0 Å². The van der Waals surface area contributed by atoms with Gasteiger partial charge in [0.15, 0.2) is 0 Å². The predicted molar refractivity (Wildman–Crippen MR) is 111 cm³/mol. The Kier molecular flexibility index (Phi) is 7.89. The van der Waals surface area contributed by atoms with Crippen molar-refractivity contribution in [2.75, 3.05) is 6.61 Å². The summed E-state index contributed by atoms with van der Waals surface area (Å²) in [6.45, 7) is 0.914. The van der Waals surface area contributed by atoms with Gasteiger partial charge in [0.05, 0.1) is 23.8 Å². The Bertz CT molecular complexity index is 734. The summed E-state index contributed by atoms with van der Waals surface area (Å²) < 4.78 is 6.28. The molecule has 0 unspecified atom stereocenters. The number of allylic oxidation sites excluding steroid dienone is 4. The summed E-state index contributed by atoms with van der Waals surface area (Å²) in [6, 6.07) is 12.3. The first-order chi connectivity index (χ1) is 13.8. The topological polar surface area (TPSA) is 56.8 Å². The third-order valence-corrected chi connectivity index (χ3v) is 6.31.